The van der Waals surface area contributed by atoms with E-state index in [2.05, 4.69) is 5.32 Å². The monoisotopic (exact) mass is 274 g/mol. The minimum absolute atomic E-state index is 0.199. The molecule has 0 radical (unpaired) electrons. The lowest BCUT2D eigenvalue weighted by molar-refractivity contribution is -0.143. The van der Waals surface area contributed by atoms with Crippen LogP contribution in [0, 0.1) is 0 Å². The number of nitrogens with one attached hydrogen (secondary N) is 1. The van der Waals surface area contributed by atoms with E-state index in [1.165, 1.54) is 11.8 Å². The molecule has 0 rings (SSSR count). The van der Waals surface area contributed by atoms with E-state index in [9.17, 15) is 14.4 Å². The quantitative estimate of drug-likeness (QED) is 0.670. The van der Waals surface area contributed by atoms with Crippen molar-refractivity contribution in [2.75, 3.05) is 19.7 Å². The summed E-state index contributed by atoms with van der Waals surface area (Å²) < 4.78 is 4.75. The summed E-state index contributed by atoms with van der Waals surface area (Å²) in [7, 11) is 0. The van der Waals surface area contributed by atoms with Gasteiger partial charge in [-0.25, -0.2) is 9.59 Å². The fourth-order valence-electron chi connectivity index (χ4n) is 1.30. The molecule has 19 heavy (non-hydrogen) atoms. The second kappa shape index (κ2) is 7.60. The molecule has 2 N–H and O–H groups in total. The third-order valence-electron chi connectivity index (χ3n) is 2.86. The Labute approximate surface area is 112 Å². The van der Waals surface area contributed by atoms with Gasteiger partial charge in [-0.1, -0.05) is 6.92 Å². The number of carbonyl (C=O) groups is 3. The summed E-state index contributed by atoms with van der Waals surface area (Å²) in [5.41, 5.74) is -1.35. The summed E-state index contributed by atoms with van der Waals surface area (Å²) in [6.45, 7) is 6.77. The first-order valence-electron chi connectivity index (χ1n) is 6.26. The Hall–Kier alpha value is -1.79. The first kappa shape index (κ1) is 17.2. The van der Waals surface area contributed by atoms with Crippen molar-refractivity contribution in [1.82, 2.24) is 10.2 Å². The number of nitrogens with zero attached hydrogens (tertiary/aromatic N) is 1. The number of carboxylic acids is 1. The first-order chi connectivity index (χ1) is 8.80. The molecule has 0 aliphatic rings. The molecule has 0 bridgehead atoms. The van der Waals surface area contributed by atoms with E-state index < -0.39 is 23.5 Å². The predicted molar refractivity (Wildman–Crippen MR) is 68.7 cm³/mol. The van der Waals surface area contributed by atoms with Crippen LogP contribution in [0.5, 0.6) is 0 Å². The van der Waals surface area contributed by atoms with Gasteiger partial charge in [-0.2, -0.15) is 0 Å². The Morgan fingerprint density at radius 2 is 1.84 bits per heavy atom. The molecule has 1 unspecified atom stereocenters. The van der Waals surface area contributed by atoms with Crippen LogP contribution in [-0.4, -0.2) is 53.2 Å². The minimum atomic E-state index is -1.35. The Bertz CT molecular complexity index is 345. The van der Waals surface area contributed by atoms with Gasteiger partial charge in [0.25, 0.3) is 0 Å². The molecule has 0 aromatic rings. The molecule has 0 heterocycles. The highest BCUT2D eigenvalue weighted by molar-refractivity contribution is 5.87. The van der Waals surface area contributed by atoms with Crippen LogP contribution in [0.25, 0.3) is 0 Å². The second-order valence-electron chi connectivity index (χ2n) is 4.24. The second-order valence-corrected chi connectivity index (χ2v) is 4.24. The van der Waals surface area contributed by atoms with Crippen molar-refractivity contribution in [3.8, 4) is 0 Å². The third kappa shape index (κ3) is 5.15. The van der Waals surface area contributed by atoms with Crippen molar-refractivity contribution < 1.29 is 24.2 Å². The Balaban J connectivity index is 4.68. The summed E-state index contributed by atoms with van der Waals surface area (Å²) in [4.78, 5) is 35.6. The highest BCUT2D eigenvalue weighted by atomic mass is 16.5. The van der Waals surface area contributed by atoms with Gasteiger partial charge >= 0.3 is 18.0 Å². The van der Waals surface area contributed by atoms with Gasteiger partial charge in [0, 0.05) is 6.54 Å². The molecular weight excluding hydrogens is 252 g/mol. The van der Waals surface area contributed by atoms with E-state index >= 15 is 0 Å². The molecule has 0 aliphatic carbocycles. The number of aliphatic carboxylic acids is 1. The van der Waals surface area contributed by atoms with Crippen LogP contribution < -0.4 is 5.32 Å². The number of carboxylic acid groups (broad SMARTS) is 1. The molecular formula is C12H22N2O5. The topological polar surface area (TPSA) is 95.9 Å². The van der Waals surface area contributed by atoms with E-state index in [1.807, 2.05) is 0 Å². The number of likely N-dealkylation sites (N-methyl/N-ethyl adjacent to an activating group) is 1. The molecule has 2 amide bonds. The van der Waals surface area contributed by atoms with Crippen LogP contribution in [0.1, 0.15) is 34.1 Å². The van der Waals surface area contributed by atoms with Crippen LogP contribution in [0.15, 0.2) is 0 Å². The predicted octanol–water partition coefficient (Wildman–Crippen LogP) is 0.834. The zero-order valence-electron chi connectivity index (χ0n) is 11.9. The molecule has 0 aliphatic heterocycles. The number of urea groups is 1. The highest BCUT2D eigenvalue weighted by Gasteiger charge is 2.34. The zero-order valence-corrected chi connectivity index (χ0v) is 11.9. The molecule has 1 atom stereocenters. The number of esters is 1. The van der Waals surface area contributed by atoms with Gasteiger partial charge in [-0.3, -0.25) is 4.79 Å². The smallest absolute Gasteiger partial charge is 0.329 e. The van der Waals surface area contributed by atoms with Crippen LogP contribution in [-0.2, 0) is 14.3 Å². The number of carbonyl (C=O) groups excluding carboxylic acids is 2. The highest BCUT2D eigenvalue weighted by Crippen LogP contribution is 2.10. The average Bonchev–Trinajstić information content (AvgIpc) is 2.35. The van der Waals surface area contributed by atoms with E-state index in [-0.39, 0.29) is 26.1 Å². The molecule has 0 saturated carbocycles. The summed E-state index contributed by atoms with van der Waals surface area (Å²) >= 11 is 0. The largest absolute Gasteiger partial charge is 0.480 e. The van der Waals surface area contributed by atoms with Gasteiger partial charge in [0.05, 0.1) is 6.61 Å². The van der Waals surface area contributed by atoms with Crippen molar-refractivity contribution in [3.05, 3.63) is 0 Å². The van der Waals surface area contributed by atoms with E-state index in [1.54, 1.807) is 20.8 Å². The van der Waals surface area contributed by atoms with Gasteiger partial charge in [-0.15, -0.1) is 0 Å². The number of amides is 2. The van der Waals surface area contributed by atoms with Crippen molar-refractivity contribution in [1.29, 1.82) is 0 Å². The number of hydrogen-bond donors (Lipinski definition) is 2. The van der Waals surface area contributed by atoms with Crippen LogP contribution >= 0.6 is 0 Å². The lowest BCUT2D eigenvalue weighted by Gasteiger charge is -2.28. The molecule has 0 aromatic heterocycles. The van der Waals surface area contributed by atoms with Gasteiger partial charge < -0.3 is 20.1 Å². The van der Waals surface area contributed by atoms with Gasteiger partial charge in [0.15, 0.2) is 0 Å². The zero-order chi connectivity index (χ0) is 15.1. The van der Waals surface area contributed by atoms with Gasteiger partial charge in [0.2, 0.25) is 0 Å². The van der Waals surface area contributed by atoms with Gasteiger partial charge in [-0.05, 0) is 27.2 Å². The van der Waals surface area contributed by atoms with Gasteiger partial charge in [0.1, 0.15) is 12.1 Å². The van der Waals surface area contributed by atoms with E-state index in [4.69, 9.17) is 9.84 Å². The van der Waals surface area contributed by atoms with E-state index in [0.717, 1.165) is 0 Å². The SMILES string of the molecule is CCOC(=O)CN(CC)C(=O)NC(C)(CC)C(=O)O. The third-order valence-corrected chi connectivity index (χ3v) is 2.86. The summed E-state index contributed by atoms with van der Waals surface area (Å²) in [6, 6.07) is -0.595. The van der Waals surface area contributed by atoms with Crippen molar-refractivity contribution >= 4 is 18.0 Å². The summed E-state index contributed by atoms with van der Waals surface area (Å²) in [5, 5.41) is 11.5. The molecule has 0 fully saturated rings. The molecule has 0 aromatic carbocycles. The lowest BCUT2D eigenvalue weighted by atomic mass is 10.00. The molecule has 110 valence electrons. The summed E-state index contributed by atoms with van der Waals surface area (Å²) in [6.07, 6.45) is 0.241. The maximum absolute atomic E-state index is 11.9. The number of rotatable bonds is 7. The minimum Gasteiger partial charge on any atom is -0.480 e. The van der Waals surface area contributed by atoms with E-state index in [0.29, 0.717) is 0 Å². The standard InChI is InChI=1S/C12H22N2O5/c1-5-12(4,10(16)17)13-11(18)14(6-2)8-9(15)19-7-3/h5-8H2,1-4H3,(H,13,18)(H,16,17). The Morgan fingerprint density at radius 3 is 2.21 bits per heavy atom. The fourth-order valence-corrected chi connectivity index (χ4v) is 1.30. The average molecular weight is 274 g/mol. The number of hydrogen-bond acceptors (Lipinski definition) is 4. The molecule has 0 spiro atoms. The fraction of sp³-hybridized carbons (Fsp3) is 0.750. The first-order valence-corrected chi connectivity index (χ1v) is 6.26. The maximum Gasteiger partial charge on any atom is 0.329 e. The normalized spacial score (nSPS) is 13.3. The van der Waals surface area contributed by atoms with Crippen molar-refractivity contribution in [2.45, 2.75) is 39.7 Å². The van der Waals surface area contributed by atoms with Crippen LogP contribution in [0.4, 0.5) is 4.79 Å². The molecule has 7 nitrogen and oxygen atoms in total. The van der Waals surface area contributed by atoms with Crippen LogP contribution in [0.3, 0.4) is 0 Å². The van der Waals surface area contributed by atoms with Crippen molar-refractivity contribution in [2.24, 2.45) is 0 Å². The maximum atomic E-state index is 11.9. The van der Waals surface area contributed by atoms with Crippen molar-refractivity contribution in [3.63, 3.8) is 0 Å². The molecule has 0 saturated heterocycles. The Kier molecular flexibility index (Phi) is 6.89. The number of ether oxygens (including phenoxy) is 1. The van der Waals surface area contributed by atoms with Crippen LogP contribution in [0.2, 0.25) is 0 Å². The Morgan fingerprint density at radius 1 is 1.26 bits per heavy atom. The lowest BCUT2D eigenvalue weighted by Crippen LogP contribution is -2.56. The molecule has 7 heteroatoms. The summed E-state index contributed by atoms with van der Waals surface area (Å²) in [5.74, 6) is -1.64.